The lowest BCUT2D eigenvalue weighted by Crippen LogP contribution is -2.17. The Morgan fingerprint density at radius 3 is 1.21 bits per heavy atom. The molecule has 13 aromatic rings. The standard InChI is InChI=1S/C69H48N2O/c1-69(2)65-43-53(70(49-15-5-3-6-16-49)50-17-7-4-8-18-50)35-38-60(65)61-39-36-54(44-66(61)69)71(52-34-37-59-57-21-10-9-19-55(57)56-20-11-12-22-58(56)63(59)42-52)51-32-29-46(30-33-51)45-25-27-47(28-26-45)48-31-40-68-64(41-48)62-23-13-14-24-67(62)72-68/h3-44H,1-2H3. The largest absolute Gasteiger partial charge is 0.456 e. The molecule has 3 heteroatoms. The molecule has 0 aliphatic heterocycles. The van der Waals surface area contributed by atoms with Gasteiger partial charge in [-0.3, -0.25) is 0 Å². The molecule has 0 radical (unpaired) electrons. The van der Waals surface area contributed by atoms with Crippen molar-refractivity contribution in [1.29, 1.82) is 0 Å². The maximum Gasteiger partial charge on any atom is 0.135 e. The van der Waals surface area contributed by atoms with E-state index in [-0.39, 0.29) is 5.41 Å². The fourth-order valence-electron chi connectivity index (χ4n) is 11.6. The van der Waals surface area contributed by atoms with E-state index in [0.29, 0.717) is 0 Å². The van der Waals surface area contributed by atoms with Gasteiger partial charge in [-0.25, -0.2) is 0 Å². The van der Waals surface area contributed by atoms with Gasteiger partial charge in [-0.15, -0.1) is 0 Å². The first-order valence-corrected chi connectivity index (χ1v) is 24.9. The Morgan fingerprint density at radius 1 is 0.264 bits per heavy atom. The van der Waals surface area contributed by atoms with Crippen LogP contribution in [0.25, 0.3) is 87.6 Å². The first kappa shape index (κ1) is 41.8. The van der Waals surface area contributed by atoms with Crippen LogP contribution in [0.2, 0.25) is 0 Å². The fourth-order valence-corrected chi connectivity index (χ4v) is 11.6. The summed E-state index contributed by atoms with van der Waals surface area (Å²) in [6, 6.07) is 93.0. The zero-order valence-corrected chi connectivity index (χ0v) is 40.1. The predicted molar refractivity (Wildman–Crippen MR) is 304 cm³/mol. The van der Waals surface area contributed by atoms with Crippen LogP contribution in [0.4, 0.5) is 34.1 Å². The molecular formula is C69H48N2O. The Bertz CT molecular complexity index is 4150. The lowest BCUT2D eigenvalue weighted by Gasteiger charge is -2.29. The van der Waals surface area contributed by atoms with Crippen LogP contribution in [0.5, 0.6) is 0 Å². The minimum Gasteiger partial charge on any atom is -0.456 e. The number of hydrogen-bond acceptors (Lipinski definition) is 3. The van der Waals surface area contributed by atoms with E-state index >= 15 is 0 Å². The Morgan fingerprint density at radius 2 is 0.639 bits per heavy atom. The van der Waals surface area contributed by atoms with Crippen LogP contribution < -0.4 is 9.80 Å². The van der Waals surface area contributed by atoms with Gasteiger partial charge in [-0.1, -0.05) is 178 Å². The topological polar surface area (TPSA) is 19.6 Å². The van der Waals surface area contributed by atoms with Gasteiger partial charge in [0, 0.05) is 50.3 Å². The average Bonchev–Trinajstić information content (AvgIpc) is 3.92. The van der Waals surface area contributed by atoms with Gasteiger partial charge in [0.15, 0.2) is 0 Å². The highest BCUT2D eigenvalue weighted by Gasteiger charge is 2.37. The van der Waals surface area contributed by atoms with E-state index in [1.807, 2.05) is 12.1 Å². The SMILES string of the molecule is CC1(C)c2cc(N(c3ccccc3)c3ccccc3)ccc2-c2ccc(N(c3ccc(-c4ccc(-c5ccc6oc7ccccc7c6c5)cc4)cc3)c3ccc4c5ccccc5c5ccccc5c4c3)cc21. The molecule has 12 aromatic carbocycles. The van der Waals surface area contributed by atoms with Gasteiger partial charge >= 0.3 is 0 Å². The number of furan rings is 1. The molecule has 1 aliphatic rings. The van der Waals surface area contributed by atoms with Crippen molar-refractivity contribution in [2.45, 2.75) is 19.3 Å². The maximum absolute atomic E-state index is 6.13. The van der Waals surface area contributed by atoms with Crippen molar-refractivity contribution in [2.75, 3.05) is 9.80 Å². The van der Waals surface area contributed by atoms with Crippen LogP contribution in [0.3, 0.4) is 0 Å². The van der Waals surface area contributed by atoms with Crippen LogP contribution in [0.1, 0.15) is 25.0 Å². The first-order chi connectivity index (χ1) is 35.4. The fraction of sp³-hybridized carbons (Fsp3) is 0.0435. The highest BCUT2D eigenvalue weighted by molar-refractivity contribution is 6.26. The number of rotatable bonds is 8. The molecule has 1 heterocycles. The molecule has 0 N–H and O–H groups in total. The van der Waals surface area contributed by atoms with Crippen LogP contribution >= 0.6 is 0 Å². The molecule has 1 aromatic heterocycles. The number of para-hydroxylation sites is 3. The molecule has 14 rings (SSSR count). The molecule has 0 bridgehead atoms. The zero-order valence-electron chi connectivity index (χ0n) is 40.1. The second kappa shape index (κ2) is 16.5. The number of hydrogen-bond donors (Lipinski definition) is 0. The lowest BCUT2D eigenvalue weighted by molar-refractivity contribution is 0.660. The molecule has 1 aliphatic carbocycles. The van der Waals surface area contributed by atoms with Gasteiger partial charge in [0.25, 0.3) is 0 Å². The van der Waals surface area contributed by atoms with E-state index in [0.717, 1.165) is 56.1 Å². The monoisotopic (exact) mass is 920 g/mol. The van der Waals surface area contributed by atoms with Crippen LogP contribution in [0.15, 0.2) is 259 Å². The minimum absolute atomic E-state index is 0.270. The summed E-state index contributed by atoms with van der Waals surface area (Å²) in [5, 5.41) is 9.85. The second-order valence-electron chi connectivity index (χ2n) is 19.7. The molecule has 0 amide bonds. The summed E-state index contributed by atoms with van der Waals surface area (Å²) < 4.78 is 6.13. The van der Waals surface area contributed by atoms with Crippen molar-refractivity contribution in [1.82, 2.24) is 0 Å². The highest BCUT2D eigenvalue weighted by Crippen LogP contribution is 2.53. The quantitative estimate of drug-likeness (QED) is 0.142. The molecule has 0 unspecified atom stereocenters. The van der Waals surface area contributed by atoms with E-state index in [2.05, 4.69) is 266 Å². The molecule has 340 valence electrons. The van der Waals surface area contributed by atoms with Crippen molar-refractivity contribution < 1.29 is 4.42 Å². The second-order valence-corrected chi connectivity index (χ2v) is 19.7. The predicted octanol–water partition coefficient (Wildman–Crippen LogP) is 19.6. The highest BCUT2D eigenvalue weighted by atomic mass is 16.3. The molecule has 0 saturated heterocycles. The van der Waals surface area contributed by atoms with Crippen molar-refractivity contribution in [3.63, 3.8) is 0 Å². The number of anilines is 6. The van der Waals surface area contributed by atoms with Crippen molar-refractivity contribution >= 4 is 88.4 Å². The van der Waals surface area contributed by atoms with Gasteiger partial charge in [-0.05, 0) is 168 Å². The third kappa shape index (κ3) is 6.73. The summed E-state index contributed by atoms with van der Waals surface area (Å²) in [5.74, 6) is 0. The third-order valence-electron chi connectivity index (χ3n) is 15.2. The van der Waals surface area contributed by atoms with E-state index in [9.17, 15) is 0 Å². The molecule has 0 atom stereocenters. The summed E-state index contributed by atoms with van der Waals surface area (Å²) in [6.07, 6.45) is 0. The van der Waals surface area contributed by atoms with E-state index in [1.54, 1.807) is 0 Å². The Hall–Kier alpha value is -9.18. The Labute approximate surface area is 419 Å². The molecule has 3 nitrogen and oxygen atoms in total. The molecule has 0 saturated carbocycles. The summed E-state index contributed by atoms with van der Waals surface area (Å²) in [6.45, 7) is 4.77. The summed E-state index contributed by atoms with van der Waals surface area (Å²) in [4.78, 5) is 4.81. The van der Waals surface area contributed by atoms with Crippen molar-refractivity contribution in [3.05, 3.63) is 266 Å². The van der Waals surface area contributed by atoms with Gasteiger partial charge in [0.05, 0.1) is 0 Å². The smallest absolute Gasteiger partial charge is 0.135 e. The van der Waals surface area contributed by atoms with Gasteiger partial charge < -0.3 is 14.2 Å². The normalized spacial score (nSPS) is 12.7. The number of fused-ring (bicyclic) bond motifs is 12. The molecule has 72 heavy (non-hydrogen) atoms. The van der Waals surface area contributed by atoms with E-state index < -0.39 is 0 Å². The summed E-state index contributed by atoms with van der Waals surface area (Å²) in [5.41, 5.74) is 18.2. The summed E-state index contributed by atoms with van der Waals surface area (Å²) in [7, 11) is 0. The summed E-state index contributed by atoms with van der Waals surface area (Å²) >= 11 is 0. The van der Waals surface area contributed by atoms with Crippen LogP contribution in [0, 0.1) is 0 Å². The number of nitrogens with zero attached hydrogens (tertiary/aromatic N) is 2. The van der Waals surface area contributed by atoms with E-state index in [1.165, 1.54) is 76.8 Å². The third-order valence-corrected chi connectivity index (χ3v) is 15.2. The van der Waals surface area contributed by atoms with Gasteiger partial charge in [0.2, 0.25) is 0 Å². The lowest BCUT2D eigenvalue weighted by atomic mass is 9.82. The van der Waals surface area contributed by atoms with Crippen molar-refractivity contribution in [2.24, 2.45) is 0 Å². The molecule has 0 spiro atoms. The first-order valence-electron chi connectivity index (χ1n) is 24.9. The van der Waals surface area contributed by atoms with Gasteiger partial charge in [0.1, 0.15) is 11.2 Å². The van der Waals surface area contributed by atoms with Gasteiger partial charge in [-0.2, -0.15) is 0 Å². The van der Waals surface area contributed by atoms with Crippen LogP contribution in [-0.4, -0.2) is 0 Å². The molecular weight excluding hydrogens is 873 g/mol. The molecule has 0 fully saturated rings. The van der Waals surface area contributed by atoms with E-state index in [4.69, 9.17) is 4.42 Å². The minimum atomic E-state index is -0.270. The Balaban J connectivity index is 0.867. The number of benzene rings is 12. The maximum atomic E-state index is 6.13. The zero-order chi connectivity index (χ0) is 47.9. The Kier molecular flexibility index (Phi) is 9.56. The average molecular weight is 921 g/mol. The van der Waals surface area contributed by atoms with Crippen LogP contribution in [-0.2, 0) is 5.41 Å². The van der Waals surface area contributed by atoms with Crippen molar-refractivity contribution in [3.8, 4) is 33.4 Å².